The molecule has 4 rings (SSSR count). The van der Waals surface area contributed by atoms with Gasteiger partial charge in [0.15, 0.2) is 5.84 Å². The minimum absolute atomic E-state index is 0.161. The molecule has 10 heteroatoms. The van der Waals surface area contributed by atoms with Gasteiger partial charge in [0.05, 0.1) is 17.3 Å². The lowest BCUT2D eigenvalue weighted by Gasteiger charge is -2.32. The molecule has 1 saturated carbocycles. The van der Waals surface area contributed by atoms with Crippen molar-refractivity contribution < 1.29 is 26.7 Å². The summed E-state index contributed by atoms with van der Waals surface area (Å²) in [7, 11) is 1.71. The molecule has 1 aromatic carbocycles. The normalized spacial score (nSPS) is 23.6. The van der Waals surface area contributed by atoms with Crippen LogP contribution in [-0.4, -0.2) is 47.8 Å². The van der Waals surface area contributed by atoms with Gasteiger partial charge in [-0.05, 0) is 62.4 Å². The van der Waals surface area contributed by atoms with Crippen molar-refractivity contribution in [3.63, 3.8) is 0 Å². The maximum Gasteiger partial charge on any atom is 0.416 e. The van der Waals surface area contributed by atoms with Crippen molar-refractivity contribution in [2.45, 2.75) is 70.1 Å². The Hall–Kier alpha value is -2.49. The number of nitrogens with zero attached hydrogens (tertiary/aromatic N) is 3. The Morgan fingerprint density at radius 2 is 1.74 bits per heavy atom. The predicted octanol–water partition coefficient (Wildman–Crippen LogP) is 5.91. The zero-order valence-corrected chi connectivity index (χ0v) is 20.0. The number of urea groups is 1. The number of amidine groups is 1. The van der Waals surface area contributed by atoms with E-state index in [4.69, 9.17) is 4.99 Å². The molecule has 0 unspecified atom stereocenters. The van der Waals surface area contributed by atoms with E-state index in [1.54, 1.807) is 11.9 Å². The number of likely N-dealkylation sites (N-methyl/N-ethyl adjacent to an activating group) is 1. The average molecular weight is 499 g/mol. The topological polar surface area (TPSA) is 47.9 Å². The van der Waals surface area contributed by atoms with Crippen LogP contribution in [-0.2, 0) is 18.6 Å². The van der Waals surface area contributed by atoms with Crippen molar-refractivity contribution in [3.05, 3.63) is 46.7 Å². The minimum Gasteiger partial charge on any atom is -0.299 e. The fourth-order valence-corrected chi connectivity index (χ4v) is 5.06. The number of alkyl halides is 5. The molecule has 0 spiro atoms. The molecule has 2 aliphatic heterocycles. The van der Waals surface area contributed by atoms with Gasteiger partial charge in [-0.1, -0.05) is 25.0 Å². The van der Waals surface area contributed by atoms with Gasteiger partial charge in [-0.3, -0.25) is 20.1 Å². The van der Waals surface area contributed by atoms with Gasteiger partial charge in [-0.2, -0.15) is 13.2 Å². The van der Waals surface area contributed by atoms with Crippen LogP contribution in [0, 0.1) is 5.92 Å². The van der Waals surface area contributed by atoms with Crippen molar-refractivity contribution >= 4 is 11.9 Å². The number of carbonyl (C=O) groups is 1. The van der Waals surface area contributed by atoms with E-state index in [0.717, 1.165) is 50.3 Å². The molecule has 0 aromatic heterocycles. The maximum atomic E-state index is 14.1. The number of rotatable bonds is 5. The summed E-state index contributed by atoms with van der Waals surface area (Å²) in [5.74, 6) is -2.57. The van der Waals surface area contributed by atoms with E-state index in [1.165, 1.54) is 6.07 Å². The number of aliphatic imine (C=N–C) groups is 1. The first kappa shape index (κ1) is 25.6. The van der Waals surface area contributed by atoms with Gasteiger partial charge in [0.25, 0.3) is 5.92 Å². The summed E-state index contributed by atoms with van der Waals surface area (Å²) in [5.41, 5.74) is -0.668. The van der Waals surface area contributed by atoms with Crippen molar-refractivity contribution in [1.29, 1.82) is 0 Å². The van der Waals surface area contributed by atoms with Crippen LogP contribution in [0.1, 0.15) is 62.1 Å². The van der Waals surface area contributed by atoms with Gasteiger partial charge in [0.2, 0.25) is 0 Å². The van der Waals surface area contributed by atoms with Gasteiger partial charge in [-0.25, -0.2) is 13.6 Å². The number of hydrogen-bond acceptors (Lipinski definition) is 3. The van der Waals surface area contributed by atoms with E-state index in [9.17, 15) is 26.7 Å². The molecule has 35 heavy (non-hydrogen) atoms. The Morgan fingerprint density at radius 3 is 2.34 bits per heavy atom. The maximum absolute atomic E-state index is 14.1. The lowest BCUT2D eigenvalue weighted by atomic mass is 9.93. The van der Waals surface area contributed by atoms with Crippen molar-refractivity contribution in [3.8, 4) is 0 Å². The molecule has 0 radical (unpaired) electrons. The monoisotopic (exact) mass is 498 g/mol. The Balaban J connectivity index is 1.43. The molecule has 3 aliphatic rings. The summed E-state index contributed by atoms with van der Waals surface area (Å²) >= 11 is 0. The van der Waals surface area contributed by atoms with Crippen LogP contribution >= 0.6 is 0 Å². The van der Waals surface area contributed by atoms with E-state index < -0.39 is 23.2 Å². The molecule has 0 bridgehead atoms. The Bertz CT molecular complexity index is 1000. The van der Waals surface area contributed by atoms with Gasteiger partial charge in [0, 0.05) is 26.1 Å². The molecule has 1 aromatic rings. The quantitative estimate of drug-likeness (QED) is 0.513. The third-order valence-corrected chi connectivity index (χ3v) is 7.10. The lowest BCUT2D eigenvalue weighted by molar-refractivity contribution is -0.137. The van der Waals surface area contributed by atoms with Gasteiger partial charge >= 0.3 is 12.2 Å². The number of hydrogen-bond donors (Lipinski definition) is 1. The summed E-state index contributed by atoms with van der Waals surface area (Å²) in [5, 5.41) is 2.85. The van der Waals surface area contributed by atoms with E-state index in [-0.39, 0.29) is 30.1 Å². The van der Waals surface area contributed by atoms with Crippen molar-refractivity contribution in [1.82, 2.24) is 15.1 Å². The van der Waals surface area contributed by atoms with E-state index >= 15 is 0 Å². The van der Waals surface area contributed by atoms with Crippen LogP contribution in [0.15, 0.2) is 35.0 Å². The van der Waals surface area contributed by atoms with Crippen LogP contribution < -0.4 is 5.32 Å². The third-order valence-electron chi connectivity index (χ3n) is 7.10. The van der Waals surface area contributed by atoms with Crippen LogP contribution in [0.2, 0.25) is 0 Å². The predicted molar refractivity (Wildman–Crippen MR) is 123 cm³/mol. The number of carbonyl (C=O) groups excluding carboxylic acids is 1. The zero-order valence-electron chi connectivity index (χ0n) is 20.0. The number of halogens is 5. The van der Waals surface area contributed by atoms with Crippen LogP contribution in [0.5, 0.6) is 0 Å². The fourth-order valence-electron chi connectivity index (χ4n) is 5.06. The third kappa shape index (κ3) is 6.02. The van der Waals surface area contributed by atoms with Crippen LogP contribution in [0.3, 0.4) is 0 Å². The SMILES string of the molecule is CN1C(=O)NC(=NC2CCCC2)C1=CC1CCN(Cc2ccc(C(F)(F)F)cc2C(C)(F)F)CC1. The number of benzene rings is 1. The fraction of sp³-hybridized carbons (Fsp3) is 0.600. The molecule has 5 nitrogen and oxygen atoms in total. The summed E-state index contributed by atoms with van der Waals surface area (Å²) in [4.78, 5) is 20.5. The molecule has 192 valence electrons. The minimum atomic E-state index is -4.67. The highest BCUT2D eigenvalue weighted by molar-refractivity contribution is 6.14. The lowest BCUT2D eigenvalue weighted by Crippen LogP contribution is -2.34. The van der Waals surface area contributed by atoms with Gasteiger partial charge in [0.1, 0.15) is 0 Å². The molecule has 3 fully saturated rings. The first-order chi connectivity index (χ1) is 16.4. The Kier molecular flexibility index (Phi) is 7.22. The highest BCUT2D eigenvalue weighted by Gasteiger charge is 2.36. The molecule has 2 amide bonds. The van der Waals surface area contributed by atoms with Crippen molar-refractivity contribution in [2.75, 3.05) is 20.1 Å². The highest BCUT2D eigenvalue weighted by atomic mass is 19.4. The molecule has 1 N–H and O–H groups in total. The summed E-state index contributed by atoms with van der Waals surface area (Å²) in [6.45, 7) is 2.02. The molecule has 2 heterocycles. The van der Waals surface area contributed by atoms with E-state index in [0.29, 0.717) is 31.9 Å². The second kappa shape index (κ2) is 9.87. The first-order valence-corrected chi connectivity index (χ1v) is 12.1. The van der Waals surface area contributed by atoms with Crippen molar-refractivity contribution in [2.24, 2.45) is 10.9 Å². The second-order valence-electron chi connectivity index (χ2n) is 9.83. The molecule has 0 atom stereocenters. The van der Waals surface area contributed by atoms with Gasteiger partial charge in [-0.15, -0.1) is 0 Å². The van der Waals surface area contributed by atoms with Crippen LogP contribution in [0.4, 0.5) is 26.7 Å². The number of piperidine rings is 1. The molecular weight excluding hydrogens is 467 g/mol. The summed E-state index contributed by atoms with van der Waals surface area (Å²) in [6, 6.07) is 2.63. The Labute approximate surface area is 202 Å². The summed E-state index contributed by atoms with van der Waals surface area (Å²) < 4.78 is 67.4. The molecule has 1 aliphatic carbocycles. The van der Waals surface area contributed by atoms with Gasteiger partial charge < -0.3 is 0 Å². The smallest absolute Gasteiger partial charge is 0.299 e. The zero-order chi connectivity index (χ0) is 25.4. The van der Waals surface area contributed by atoms with E-state index in [1.807, 2.05) is 4.90 Å². The highest BCUT2D eigenvalue weighted by Crippen LogP contribution is 2.37. The first-order valence-electron chi connectivity index (χ1n) is 12.1. The number of allylic oxidation sites excluding steroid dienone is 1. The number of likely N-dealkylation sites (tertiary alicyclic amines) is 1. The molecule has 2 saturated heterocycles. The number of amides is 2. The standard InChI is InChI=1S/C25H31F5N4O/c1-24(26,27)20-14-18(25(28,29)30)8-7-17(20)15-34-11-9-16(10-12-34)13-21-22(32-23(35)33(21)2)31-19-5-3-4-6-19/h7-8,13-14,16,19H,3-6,9-12,15H2,1-2H3,(H,31,32,35). The Morgan fingerprint density at radius 1 is 1.09 bits per heavy atom. The van der Waals surface area contributed by atoms with Crippen LogP contribution in [0.25, 0.3) is 0 Å². The largest absolute Gasteiger partial charge is 0.416 e. The second-order valence-corrected chi connectivity index (χ2v) is 9.83. The molecular formula is C25H31F5N4O. The number of nitrogens with one attached hydrogen (secondary N) is 1. The average Bonchev–Trinajstić information content (AvgIpc) is 3.38. The van der Waals surface area contributed by atoms with E-state index in [2.05, 4.69) is 11.4 Å². The summed E-state index contributed by atoms with van der Waals surface area (Å²) in [6.07, 6.45) is 3.23.